The lowest BCUT2D eigenvalue weighted by atomic mass is 9.89. The highest BCUT2D eigenvalue weighted by Gasteiger charge is 2.25. The highest BCUT2D eigenvalue weighted by Crippen LogP contribution is 2.27. The van der Waals surface area contributed by atoms with Crippen molar-refractivity contribution < 1.29 is 4.74 Å². The number of ether oxygens (including phenoxy) is 1. The van der Waals surface area contributed by atoms with Crippen LogP contribution in [0.5, 0.6) is 0 Å². The van der Waals surface area contributed by atoms with Crippen molar-refractivity contribution >= 4 is 0 Å². The lowest BCUT2D eigenvalue weighted by Crippen LogP contribution is -2.41. The predicted molar refractivity (Wildman–Crippen MR) is 78.5 cm³/mol. The van der Waals surface area contributed by atoms with E-state index >= 15 is 0 Å². The number of hydrogen-bond donors (Lipinski definition) is 0. The van der Waals surface area contributed by atoms with Crippen molar-refractivity contribution in [3.63, 3.8) is 0 Å². The van der Waals surface area contributed by atoms with Gasteiger partial charge in [0, 0.05) is 25.8 Å². The summed E-state index contributed by atoms with van der Waals surface area (Å²) in [5, 5.41) is 0. The van der Waals surface area contributed by atoms with Crippen LogP contribution in [0.2, 0.25) is 0 Å². The molecular formula is C16H25N3O. The van der Waals surface area contributed by atoms with E-state index in [2.05, 4.69) is 14.9 Å². The summed E-state index contributed by atoms with van der Waals surface area (Å²) in [5.74, 6) is 0.895. The van der Waals surface area contributed by atoms with Crippen LogP contribution in [0.4, 0.5) is 0 Å². The average Bonchev–Trinajstić information content (AvgIpc) is 2.49. The molecule has 0 radical (unpaired) electrons. The van der Waals surface area contributed by atoms with Gasteiger partial charge in [-0.15, -0.1) is 0 Å². The zero-order valence-corrected chi connectivity index (χ0v) is 12.4. The van der Waals surface area contributed by atoms with Gasteiger partial charge in [0.1, 0.15) is 6.10 Å². The lowest BCUT2D eigenvalue weighted by molar-refractivity contribution is -0.0381. The molecule has 2 fully saturated rings. The zero-order chi connectivity index (χ0) is 13.8. The summed E-state index contributed by atoms with van der Waals surface area (Å²) >= 11 is 0. The molecule has 110 valence electrons. The van der Waals surface area contributed by atoms with Crippen LogP contribution in [0.3, 0.4) is 0 Å². The van der Waals surface area contributed by atoms with Crippen LogP contribution < -0.4 is 0 Å². The zero-order valence-electron chi connectivity index (χ0n) is 12.4. The van der Waals surface area contributed by atoms with Crippen LogP contribution >= 0.6 is 0 Å². The van der Waals surface area contributed by atoms with Gasteiger partial charge in [-0.1, -0.05) is 19.3 Å². The third kappa shape index (κ3) is 3.55. The Kier molecular flexibility index (Phi) is 4.63. The fourth-order valence-electron chi connectivity index (χ4n) is 3.35. The highest BCUT2D eigenvalue weighted by molar-refractivity contribution is 5.05. The van der Waals surface area contributed by atoms with E-state index in [9.17, 15) is 0 Å². The van der Waals surface area contributed by atoms with E-state index in [0.717, 1.165) is 37.0 Å². The number of hydrogen-bond acceptors (Lipinski definition) is 4. The quantitative estimate of drug-likeness (QED) is 0.850. The van der Waals surface area contributed by atoms with Crippen molar-refractivity contribution in [1.82, 2.24) is 14.9 Å². The van der Waals surface area contributed by atoms with E-state index in [1.807, 2.05) is 19.3 Å². The number of aryl methyl sites for hydroxylation is 1. The Bertz CT molecular complexity index is 414. The first-order valence-corrected chi connectivity index (χ1v) is 7.94. The molecule has 2 aliphatic rings. The van der Waals surface area contributed by atoms with Gasteiger partial charge >= 0.3 is 0 Å². The predicted octanol–water partition coefficient (Wildman–Crippen LogP) is 2.74. The molecule has 0 amide bonds. The molecule has 0 aromatic carbocycles. The molecule has 1 saturated carbocycles. The Morgan fingerprint density at radius 2 is 2.05 bits per heavy atom. The van der Waals surface area contributed by atoms with Crippen molar-refractivity contribution in [3.05, 3.63) is 23.8 Å². The third-order valence-electron chi connectivity index (χ3n) is 4.52. The Hall–Kier alpha value is -1.00. The van der Waals surface area contributed by atoms with Crippen molar-refractivity contribution in [2.24, 2.45) is 5.92 Å². The standard InChI is InChI=1S/C16H25N3O/c1-13-9-18-15(10-17-13)16-12-19(7-8-20-16)11-14-5-3-2-4-6-14/h9-10,14,16H,2-8,11-12H2,1H3/t16-/m0/s1. The molecule has 4 nitrogen and oxygen atoms in total. The van der Waals surface area contributed by atoms with E-state index in [1.54, 1.807) is 0 Å². The van der Waals surface area contributed by atoms with Crippen LogP contribution in [-0.4, -0.2) is 41.1 Å². The molecule has 0 bridgehead atoms. The molecule has 0 N–H and O–H groups in total. The molecule has 1 saturated heterocycles. The molecule has 0 spiro atoms. The second-order valence-electron chi connectivity index (χ2n) is 6.21. The van der Waals surface area contributed by atoms with Crippen LogP contribution in [0.25, 0.3) is 0 Å². The third-order valence-corrected chi connectivity index (χ3v) is 4.52. The number of morpholine rings is 1. The first kappa shape index (κ1) is 14.0. The molecule has 1 aromatic heterocycles. The van der Waals surface area contributed by atoms with Crippen LogP contribution in [0.1, 0.15) is 49.6 Å². The summed E-state index contributed by atoms with van der Waals surface area (Å²) in [7, 11) is 0. The van der Waals surface area contributed by atoms with E-state index in [4.69, 9.17) is 4.74 Å². The van der Waals surface area contributed by atoms with Gasteiger partial charge in [-0.25, -0.2) is 0 Å². The summed E-state index contributed by atoms with van der Waals surface area (Å²) in [6, 6.07) is 0. The smallest absolute Gasteiger partial charge is 0.114 e. The SMILES string of the molecule is Cc1cnc([C@@H]2CN(CC3CCCCC3)CCO2)cn1. The normalized spacial score (nSPS) is 25.8. The van der Waals surface area contributed by atoms with Gasteiger partial charge < -0.3 is 4.74 Å². The highest BCUT2D eigenvalue weighted by atomic mass is 16.5. The Morgan fingerprint density at radius 1 is 1.20 bits per heavy atom. The van der Waals surface area contributed by atoms with Gasteiger partial charge in [-0.2, -0.15) is 0 Å². The maximum absolute atomic E-state index is 5.88. The maximum Gasteiger partial charge on any atom is 0.114 e. The minimum Gasteiger partial charge on any atom is -0.369 e. The van der Waals surface area contributed by atoms with Crippen LogP contribution in [-0.2, 0) is 4.74 Å². The second kappa shape index (κ2) is 6.64. The van der Waals surface area contributed by atoms with Crippen molar-refractivity contribution in [1.29, 1.82) is 0 Å². The number of aromatic nitrogens is 2. The van der Waals surface area contributed by atoms with Gasteiger partial charge in [-0.3, -0.25) is 14.9 Å². The molecule has 3 rings (SSSR count). The summed E-state index contributed by atoms with van der Waals surface area (Å²) in [6.07, 6.45) is 10.9. The van der Waals surface area contributed by atoms with E-state index in [-0.39, 0.29) is 6.10 Å². The number of rotatable bonds is 3. The molecular weight excluding hydrogens is 250 g/mol. The molecule has 1 aliphatic heterocycles. The molecule has 2 heterocycles. The van der Waals surface area contributed by atoms with Gasteiger partial charge in [0.15, 0.2) is 0 Å². The topological polar surface area (TPSA) is 38.2 Å². The van der Waals surface area contributed by atoms with Gasteiger partial charge in [0.2, 0.25) is 0 Å². The second-order valence-corrected chi connectivity index (χ2v) is 6.21. The maximum atomic E-state index is 5.88. The number of nitrogens with zero attached hydrogens (tertiary/aromatic N) is 3. The van der Waals surface area contributed by atoms with Crippen molar-refractivity contribution in [2.75, 3.05) is 26.2 Å². The van der Waals surface area contributed by atoms with Crippen molar-refractivity contribution in [2.45, 2.75) is 45.1 Å². The summed E-state index contributed by atoms with van der Waals surface area (Å²) < 4.78 is 5.88. The van der Waals surface area contributed by atoms with Crippen LogP contribution in [0, 0.1) is 12.8 Å². The molecule has 4 heteroatoms. The molecule has 0 unspecified atom stereocenters. The Labute approximate surface area is 121 Å². The van der Waals surface area contributed by atoms with Gasteiger partial charge in [0.05, 0.1) is 24.2 Å². The molecule has 20 heavy (non-hydrogen) atoms. The lowest BCUT2D eigenvalue weighted by Gasteiger charge is -2.35. The van der Waals surface area contributed by atoms with Crippen molar-refractivity contribution in [3.8, 4) is 0 Å². The molecule has 1 atom stereocenters. The Balaban J connectivity index is 1.57. The largest absolute Gasteiger partial charge is 0.369 e. The average molecular weight is 275 g/mol. The summed E-state index contributed by atoms with van der Waals surface area (Å²) in [6.45, 7) is 6.04. The van der Waals surface area contributed by atoms with Gasteiger partial charge in [0.25, 0.3) is 0 Å². The minimum absolute atomic E-state index is 0.0976. The minimum atomic E-state index is 0.0976. The molecule has 1 aliphatic carbocycles. The summed E-state index contributed by atoms with van der Waals surface area (Å²) in [4.78, 5) is 11.4. The fourth-order valence-corrected chi connectivity index (χ4v) is 3.35. The summed E-state index contributed by atoms with van der Waals surface area (Å²) in [5.41, 5.74) is 1.94. The fraction of sp³-hybridized carbons (Fsp3) is 0.750. The monoisotopic (exact) mass is 275 g/mol. The van der Waals surface area contributed by atoms with E-state index < -0.39 is 0 Å². The van der Waals surface area contributed by atoms with Crippen LogP contribution in [0.15, 0.2) is 12.4 Å². The van der Waals surface area contributed by atoms with E-state index in [1.165, 1.54) is 38.6 Å². The first-order valence-electron chi connectivity index (χ1n) is 7.94. The van der Waals surface area contributed by atoms with Gasteiger partial charge in [-0.05, 0) is 25.7 Å². The van der Waals surface area contributed by atoms with E-state index in [0.29, 0.717) is 0 Å². The Morgan fingerprint density at radius 3 is 2.80 bits per heavy atom. The molecule has 1 aromatic rings. The first-order chi connectivity index (χ1) is 9.81.